The molecule has 2 rings (SSSR count). The maximum absolute atomic E-state index is 11.6. The van der Waals surface area contributed by atoms with Crippen LogP contribution in [-0.4, -0.2) is 13.2 Å². The van der Waals surface area contributed by atoms with Crippen LogP contribution in [0.3, 0.4) is 0 Å². The topological polar surface area (TPSA) is 38.3 Å². The van der Waals surface area contributed by atoms with Gasteiger partial charge in [0.2, 0.25) is 0 Å². The molecule has 0 aliphatic heterocycles. The number of amides is 1. The fraction of sp³-hybridized carbons (Fsp3) is 0.235. The largest absolute Gasteiger partial charge is 0.453 e. The summed E-state index contributed by atoms with van der Waals surface area (Å²) < 4.78 is 4.74. The van der Waals surface area contributed by atoms with Gasteiger partial charge in [-0.25, -0.2) is 4.79 Å². The molecule has 0 spiro atoms. The summed E-state index contributed by atoms with van der Waals surface area (Å²) >= 11 is 0. The molecule has 2 atom stereocenters. The van der Waals surface area contributed by atoms with E-state index in [0.717, 1.165) is 5.56 Å². The summed E-state index contributed by atoms with van der Waals surface area (Å²) in [4.78, 5) is 11.6. The molecule has 3 heteroatoms. The van der Waals surface area contributed by atoms with E-state index in [2.05, 4.69) is 24.4 Å². The molecule has 2 aromatic carbocycles. The highest BCUT2D eigenvalue weighted by atomic mass is 16.5. The van der Waals surface area contributed by atoms with E-state index in [0.29, 0.717) is 0 Å². The lowest BCUT2D eigenvalue weighted by molar-refractivity contribution is 0.165. The molecule has 0 aliphatic rings. The fourth-order valence-electron chi connectivity index (χ4n) is 2.29. The third kappa shape index (κ3) is 3.38. The first-order valence-electron chi connectivity index (χ1n) is 6.66. The van der Waals surface area contributed by atoms with Crippen molar-refractivity contribution in [3.8, 4) is 0 Å². The summed E-state index contributed by atoms with van der Waals surface area (Å²) in [5, 5.41) is 2.92. The fourth-order valence-corrected chi connectivity index (χ4v) is 2.29. The maximum Gasteiger partial charge on any atom is 0.407 e. The molecule has 3 nitrogen and oxygen atoms in total. The third-order valence-corrected chi connectivity index (χ3v) is 3.44. The second-order valence-electron chi connectivity index (χ2n) is 4.72. The Morgan fingerprint density at radius 1 is 0.950 bits per heavy atom. The van der Waals surface area contributed by atoms with E-state index in [9.17, 15) is 4.79 Å². The number of hydrogen-bond donors (Lipinski definition) is 1. The predicted octanol–water partition coefficient (Wildman–Crippen LogP) is 3.89. The number of carbonyl (C=O) groups excluding carboxylic acids is 1. The van der Waals surface area contributed by atoms with Gasteiger partial charge >= 0.3 is 6.09 Å². The number of hydrogen-bond acceptors (Lipinski definition) is 2. The minimum atomic E-state index is -0.415. The number of nitrogens with one attached hydrogen (secondary N) is 1. The first-order valence-corrected chi connectivity index (χ1v) is 6.66. The van der Waals surface area contributed by atoms with Crippen LogP contribution >= 0.6 is 0 Å². The summed E-state index contributed by atoms with van der Waals surface area (Å²) in [6, 6.07) is 20.0. The molecule has 1 N–H and O–H groups in total. The highest BCUT2D eigenvalue weighted by Gasteiger charge is 2.22. The summed E-state index contributed by atoms with van der Waals surface area (Å²) in [5.41, 5.74) is 2.24. The van der Waals surface area contributed by atoms with E-state index in [1.165, 1.54) is 12.7 Å². The van der Waals surface area contributed by atoms with Crippen molar-refractivity contribution in [2.45, 2.75) is 18.9 Å². The lowest BCUT2D eigenvalue weighted by Crippen LogP contribution is -2.31. The smallest absolute Gasteiger partial charge is 0.407 e. The average molecular weight is 269 g/mol. The van der Waals surface area contributed by atoms with Gasteiger partial charge in [0, 0.05) is 5.92 Å². The maximum atomic E-state index is 11.6. The van der Waals surface area contributed by atoms with Gasteiger partial charge in [-0.05, 0) is 11.1 Å². The highest BCUT2D eigenvalue weighted by Crippen LogP contribution is 2.30. The van der Waals surface area contributed by atoms with Crippen LogP contribution < -0.4 is 5.32 Å². The van der Waals surface area contributed by atoms with Gasteiger partial charge in [-0.15, -0.1) is 0 Å². The molecule has 0 radical (unpaired) electrons. The molecule has 1 amide bonds. The molecule has 0 saturated carbocycles. The van der Waals surface area contributed by atoms with E-state index in [-0.39, 0.29) is 12.0 Å². The minimum absolute atomic E-state index is 0.119. The van der Waals surface area contributed by atoms with Crippen molar-refractivity contribution >= 4 is 6.09 Å². The van der Waals surface area contributed by atoms with Gasteiger partial charge in [0.15, 0.2) is 0 Å². The van der Waals surface area contributed by atoms with Gasteiger partial charge in [0.25, 0.3) is 0 Å². The molecule has 20 heavy (non-hydrogen) atoms. The first kappa shape index (κ1) is 14.1. The zero-order valence-corrected chi connectivity index (χ0v) is 11.7. The van der Waals surface area contributed by atoms with E-state index >= 15 is 0 Å². The molecular formula is C17H19NO2. The Labute approximate surface area is 119 Å². The van der Waals surface area contributed by atoms with Crippen LogP contribution in [0.5, 0.6) is 0 Å². The second-order valence-corrected chi connectivity index (χ2v) is 4.72. The van der Waals surface area contributed by atoms with Crippen LogP contribution in [0.1, 0.15) is 30.0 Å². The number of rotatable bonds is 4. The standard InChI is InChI=1S/C17H19NO2/c1-13(14-9-5-3-6-10-14)16(18-17(19)20-2)15-11-7-4-8-12-15/h3-13,16H,1-2H3,(H,18,19)/t13-,16+/m0/s1. The van der Waals surface area contributed by atoms with Crippen molar-refractivity contribution in [2.24, 2.45) is 0 Å². The van der Waals surface area contributed by atoms with Gasteiger partial charge in [-0.3, -0.25) is 0 Å². The van der Waals surface area contributed by atoms with Crippen molar-refractivity contribution < 1.29 is 9.53 Å². The average Bonchev–Trinajstić information content (AvgIpc) is 2.53. The summed E-state index contributed by atoms with van der Waals surface area (Å²) in [6.07, 6.45) is -0.415. The van der Waals surface area contributed by atoms with E-state index in [4.69, 9.17) is 4.74 Å². The minimum Gasteiger partial charge on any atom is -0.453 e. The zero-order chi connectivity index (χ0) is 14.4. The Kier molecular flexibility index (Phi) is 4.77. The van der Waals surface area contributed by atoms with Crippen LogP contribution in [0.25, 0.3) is 0 Å². The van der Waals surface area contributed by atoms with Crippen molar-refractivity contribution in [2.75, 3.05) is 7.11 Å². The van der Waals surface area contributed by atoms with Crippen molar-refractivity contribution in [1.29, 1.82) is 0 Å². The molecule has 0 fully saturated rings. The van der Waals surface area contributed by atoms with Gasteiger partial charge < -0.3 is 10.1 Å². The Hall–Kier alpha value is -2.29. The summed E-state index contributed by atoms with van der Waals surface area (Å²) in [7, 11) is 1.38. The summed E-state index contributed by atoms with van der Waals surface area (Å²) in [5.74, 6) is 0.151. The molecule has 0 unspecified atom stereocenters. The van der Waals surface area contributed by atoms with Crippen LogP contribution in [0, 0.1) is 0 Å². The van der Waals surface area contributed by atoms with Gasteiger partial charge in [0.1, 0.15) is 0 Å². The van der Waals surface area contributed by atoms with Crippen LogP contribution in [0.4, 0.5) is 4.79 Å². The third-order valence-electron chi connectivity index (χ3n) is 3.44. The van der Waals surface area contributed by atoms with E-state index < -0.39 is 6.09 Å². The normalized spacial score (nSPS) is 13.3. The molecule has 104 valence electrons. The lowest BCUT2D eigenvalue weighted by atomic mass is 9.88. The number of benzene rings is 2. The van der Waals surface area contributed by atoms with Gasteiger partial charge in [-0.2, -0.15) is 0 Å². The zero-order valence-electron chi connectivity index (χ0n) is 11.7. The lowest BCUT2D eigenvalue weighted by Gasteiger charge is -2.25. The first-order chi connectivity index (χ1) is 9.72. The Balaban J connectivity index is 2.29. The van der Waals surface area contributed by atoms with Crippen molar-refractivity contribution in [3.05, 3.63) is 71.8 Å². The quantitative estimate of drug-likeness (QED) is 0.914. The van der Waals surface area contributed by atoms with Crippen molar-refractivity contribution in [3.63, 3.8) is 0 Å². The Bertz CT molecular complexity index is 539. The Morgan fingerprint density at radius 2 is 1.45 bits per heavy atom. The van der Waals surface area contributed by atoms with Crippen LogP contribution in [-0.2, 0) is 4.74 Å². The Morgan fingerprint density at radius 3 is 1.95 bits per heavy atom. The van der Waals surface area contributed by atoms with Crippen LogP contribution in [0.2, 0.25) is 0 Å². The summed E-state index contributed by atoms with van der Waals surface area (Å²) in [6.45, 7) is 2.10. The molecule has 0 aliphatic carbocycles. The predicted molar refractivity (Wildman–Crippen MR) is 79.6 cm³/mol. The monoisotopic (exact) mass is 269 g/mol. The number of carbonyl (C=O) groups is 1. The van der Waals surface area contributed by atoms with E-state index in [1.54, 1.807) is 0 Å². The number of alkyl carbamates (subject to hydrolysis) is 1. The highest BCUT2D eigenvalue weighted by molar-refractivity contribution is 5.68. The molecule has 0 heterocycles. The van der Waals surface area contributed by atoms with Gasteiger partial charge in [0.05, 0.1) is 13.2 Å². The molecule has 0 saturated heterocycles. The molecule has 2 aromatic rings. The second kappa shape index (κ2) is 6.75. The molecular weight excluding hydrogens is 250 g/mol. The van der Waals surface area contributed by atoms with Crippen molar-refractivity contribution in [1.82, 2.24) is 5.32 Å². The van der Waals surface area contributed by atoms with Gasteiger partial charge in [-0.1, -0.05) is 67.6 Å². The molecule has 0 aromatic heterocycles. The number of methoxy groups -OCH3 is 1. The molecule has 0 bridgehead atoms. The van der Waals surface area contributed by atoms with Crippen LogP contribution in [0.15, 0.2) is 60.7 Å². The van der Waals surface area contributed by atoms with E-state index in [1.807, 2.05) is 48.5 Å². The number of ether oxygens (including phenoxy) is 1. The SMILES string of the molecule is COC(=O)N[C@@H](c1ccccc1)[C@@H](C)c1ccccc1.